The molecule has 2 heterocycles. The number of likely N-dealkylation sites (tertiary alicyclic amines) is 1. The van der Waals surface area contributed by atoms with Gasteiger partial charge in [0.15, 0.2) is 6.61 Å². The summed E-state index contributed by atoms with van der Waals surface area (Å²) in [4.78, 5) is 30.9. The number of aromatic nitrogens is 1. The van der Waals surface area contributed by atoms with Crippen LogP contribution in [0.4, 0.5) is 0 Å². The van der Waals surface area contributed by atoms with E-state index in [-0.39, 0.29) is 24.2 Å². The predicted molar refractivity (Wildman–Crippen MR) is 107 cm³/mol. The fraction of sp³-hybridized carbons (Fsp3) is 0.409. The maximum absolute atomic E-state index is 12.4. The zero-order valence-corrected chi connectivity index (χ0v) is 16.6. The van der Waals surface area contributed by atoms with Gasteiger partial charge in [-0.3, -0.25) is 9.59 Å². The number of amides is 2. The van der Waals surface area contributed by atoms with Crippen molar-refractivity contribution in [3.8, 4) is 11.5 Å². The first-order chi connectivity index (χ1) is 13.9. The van der Waals surface area contributed by atoms with Gasteiger partial charge >= 0.3 is 0 Å². The summed E-state index contributed by atoms with van der Waals surface area (Å²) in [5, 5.41) is 12.4. The minimum atomic E-state index is -0.136. The number of ether oxygens (including phenoxy) is 1. The van der Waals surface area contributed by atoms with E-state index in [4.69, 9.17) is 4.74 Å². The summed E-state index contributed by atoms with van der Waals surface area (Å²) in [6, 6.07) is 10.2. The first-order valence-electron chi connectivity index (χ1n) is 9.84. The fourth-order valence-corrected chi connectivity index (χ4v) is 4.12. The number of benzene rings is 1. The quantitative estimate of drug-likeness (QED) is 0.780. The van der Waals surface area contributed by atoms with E-state index < -0.39 is 0 Å². The van der Waals surface area contributed by atoms with Crippen molar-refractivity contribution in [1.82, 2.24) is 15.2 Å². The normalized spacial score (nSPS) is 22.1. The average Bonchev–Trinajstić information content (AvgIpc) is 3.14. The molecule has 2 aliphatic rings. The Morgan fingerprint density at radius 1 is 1.21 bits per heavy atom. The van der Waals surface area contributed by atoms with Crippen LogP contribution in [0.3, 0.4) is 0 Å². The number of aromatic hydroxyl groups is 1. The lowest BCUT2D eigenvalue weighted by Crippen LogP contribution is -2.37. The predicted octanol–water partition coefficient (Wildman–Crippen LogP) is 1.92. The second-order valence-corrected chi connectivity index (χ2v) is 7.90. The number of aryl methyl sites for hydroxylation is 2. The molecule has 2 amide bonds. The summed E-state index contributed by atoms with van der Waals surface area (Å²) in [7, 11) is 0. The second-order valence-electron chi connectivity index (χ2n) is 7.90. The summed E-state index contributed by atoms with van der Waals surface area (Å²) >= 11 is 0. The number of pyridine rings is 1. The molecule has 7 heteroatoms. The monoisotopic (exact) mass is 395 g/mol. The zero-order valence-electron chi connectivity index (χ0n) is 16.6. The number of rotatable bonds is 6. The van der Waals surface area contributed by atoms with E-state index in [1.807, 2.05) is 30.9 Å². The van der Waals surface area contributed by atoms with Gasteiger partial charge in [-0.05, 0) is 55.4 Å². The average molecular weight is 395 g/mol. The van der Waals surface area contributed by atoms with Crippen molar-refractivity contribution in [2.75, 3.05) is 26.2 Å². The highest BCUT2D eigenvalue weighted by Gasteiger charge is 2.56. The first-order valence-corrected chi connectivity index (χ1v) is 9.84. The molecule has 2 aromatic rings. The molecular weight excluding hydrogens is 370 g/mol. The molecular formula is C22H25N3O4. The Bertz CT molecular complexity index is 933. The van der Waals surface area contributed by atoms with E-state index >= 15 is 0 Å². The molecule has 152 valence electrons. The van der Waals surface area contributed by atoms with Crippen molar-refractivity contribution in [3.63, 3.8) is 0 Å². The Morgan fingerprint density at radius 3 is 2.69 bits per heavy atom. The van der Waals surface area contributed by atoms with Crippen molar-refractivity contribution in [3.05, 3.63) is 53.3 Å². The van der Waals surface area contributed by atoms with E-state index in [9.17, 15) is 14.7 Å². The number of hydrogen-bond donors (Lipinski definition) is 2. The van der Waals surface area contributed by atoms with E-state index in [0.717, 1.165) is 11.3 Å². The third-order valence-corrected chi connectivity index (χ3v) is 5.85. The molecule has 1 aromatic carbocycles. The smallest absolute Gasteiger partial charge is 0.270 e. The number of hydrogen-bond acceptors (Lipinski definition) is 5. The van der Waals surface area contributed by atoms with Crippen LogP contribution < -0.4 is 10.1 Å². The van der Waals surface area contributed by atoms with Crippen LogP contribution in [-0.4, -0.2) is 53.0 Å². The van der Waals surface area contributed by atoms with Gasteiger partial charge in [0.05, 0.1) is 0 Å². The number of phenolic OH excluding ortho intramolecular Hbond substituents is 1. The highest BCUT2D eigenvalue weighted by atomic mass is 16.5. The van der Waals surface area contributed by atoms with Gasteiger partial charge in [-0.15, -0.1) is 0 Å². The first kappa shape index (κ1) is 19.2. The molecule has 7 nitrogen and oxygen atoms in total. The van der Waals surface area contributed by atoms with Gasteiger partial charge in [0, 0.05) is 31.4 Å². The van der Waals surface area contributed by atoms with Crippen LogP contribution in [0.5, 0.6) is 11.5 Å². The zero-order chi connectivity index (χ0) is 20.5. The van der Waals surface area contributed by atoms with E-state index in [2.05, 4.69) is 10.3 Å². The molecule has 2 N–H and O–H groups in total. The lowest BCUT2D eigenvalue weighted by molar-refractivity contribution is -0.133. The molecule has 1 saturated carbocycles. The topological polar surface area (TPSA) is 91.8 Å². The summed E-state index contributed by atoms with van der Waals surface area (Å²) < 4.78 is 5.47. The largest absolute Gasteiger partial charge is 0.508 e. The van der Waals surface area contributed by atoms with Crippen LogP contribution in [0.25, 0.3) is 0 Å². The summed E-state index contributed by atoms with van der Waals surface area (Å²) in [5.41, 5.74) is 2.18. The molecule has 2 atom stereocenters. The van der Waals surface area contributed by atoms with Gasteiger partial charge in [0.1, 0.15) is 17.2 Å². The van der Waals surface area contributed by atoms with Crippen molar-refractivity contribution < 1.29 is 19.4 Å². The van der Waals surface area contributed by atoms with Crippen LogP contribution in [0, 0.1) is 31.6 Å². The van der Waals surface area contributed by atoms with Gasteiger partial charge in [0.25, 0.3) is 11.8 Å². The highest BCUT2D eigenvalue weighted by Crippen LogP contribution is 2.51. The Kier molecular flexibility index (Phi) is 5.13. The minimum Gasteiger partial charge on any atom is -0.508 e. The molecule has 2 fully saturated rings. The Hall–Kier alpha value is -3.09. The van der Waals surface area contributed by atoms with E-state index in [1.54, 1.807) is 18.2 Å². The number of nitrogens with one attached hydrogen (secondary N) is 1. The van der Waals surface area contributed by atoms with Crippen LogP contribution in [-0.2, 0) is 4.79 Å². The lowest BCUT2D eigenvalue weighted by atomic mass is 10.2. The number of carbonyl (C=O) groups excluding carboxylic acids is 2. The molecule has 2 unspecified atom stereocenters. The minimum absolute atomic E-state index is 0.0391. The Balaban J connectivity index is 1.21. The number of fused-ring (bicyclic) bond motifs is 1. The third kappa shape index (κ3) is 4.18. The molecule has 1 aromatic heterocycles. The van der Waals surface area contributed by atoms with E-state index in [1.165, 1.54) is 6.07 Å². The molecule has 1 aliphatic heterocycles. The van der Waals surface area contributed by atoms with Crippen molar-refractivity contribution in [2.45, 2.75) is 13.8 Å². The number of phenols is 1. The molecule has 1 aliphatic carbocycles. The van der Waals surface area contributed by atoms with Crippen LogP contribution in [0.2, 0.25) is 0 Å². The number of nitrogens with zero attached hydrogens (tertiary/aromatic N) is 2. The Labute approximate surface area is 169 Å². The summed E-state index contributed by atoms with van der Waals surface area (Å²) in [6.07, 6.45) is 0. The number of carbonyl (C=O) groups is 2. The maximum Gasteiger partial charge on any atom is 0.270 e. The van der Waals surface area contributed by atoms with Crippen LogP contribution in [0.15, 0.2) is 36.4 Å². The van der Waals surface area contributed by atoms with E-state index in [0.29, 0.717) is 48.8 Å². The standard InChI is InChI=1S/C22H25N3O4/c1-13-6-7-14(2)24-21(13)22(28)23-9-17-18-10-25(11-19(17)18)20(27)12-29-16-5-3-4-15(26)8-16/h3-8,17-19,26H,9-12H2,1-2H3,(H,23,28). The molecule has 4 rings (SSSR count). The van der Waals surface area contributed by atoms with Gasteiger partial charge in [-0.25, -0.2) is 4.98 Å². The summed E-state index contributed by atoms with van der Waals surface area (Å²) in [5.74, 6) is 1.69. The number of piperidine rings is 1. The highest BCUT2D eigenvalue weighted by molar-refractivity contribution is 5.93. The van der Waals surface area contributed by atoms with Crippen LogP contribution >= 0.6 is 0 Å². The van der Waals surface area contributed by atoms with Crippen molar-refractivity contribution in [2.24, 2.45) is 17.8 Å². The molecule has 1 saturated heterocycles. The maximum atomic E-state index is 12.4. The van der Waals surface area contributed by atoms with Gasteiger partial charge in [-0.1, -0.05) is 12.1 Å². The van der Waals surface area contributed by atoms with Crippen molar-refractivity contribution in [1.29, 1.82) is 0 Å². The third-order valence-electron chi connectivity index (χ3n) is 5.85. The lowest BCUT2D eigenvalue weighted by Gasteiger charge is -2.20. The summed E-state index contributed by atoms with van der Waals surface area (Å²) in [6.45, 7) is 5.74. The Morgan fingerprint density at radius 2 is 1.97 bits per heavy atom. The van der Waals surface area contributed by atoms with Crippen LogP contribution in [0.1, 0.15) is 21.7 Å². The molecule has 0 bridgehead atoms. The molecule has 0 radical (unpaired) electrons. The van der Waals surface area contributed by atoms with Gasteiger partial charge < -0.3 is 20.1 Å². The second kappa shape index (κ2) is 7.73. The van der Waals surface area contributed by atoms with Crippen molar-refractivity contribution >= 4 is 11.8 Å². The van der Waals surface area contributed by atoms with Gasteiger partial charge in [0.2, 0.25) is 0 Å². The molecule has 0 spiro atoms. The van der Waals surface area contributed by atoms with Gasteiger partial charge in [-0.2, -0.15) is 0 Å². The molecule has 29 heavy (non-hydrogen) atoms. The SMILES string of the molecule is Cc1ccc(C)c(C(=O)NCC2C3CN(C(=O)COc4cccc(O)c4)CC23)n1. The fourth-order valence-electron chi connectivity index (χ4n) is 4.12.